The fraction of sp³-hybridized carbons (Fsp3) is 0.462. The molecule has 0 radical (unpaired) electrons. The number of nitrogens with zero attached hydrogens (tertiary/aromatic N) is 2. The molecule has 1 rings (SSSR count). The fourth-order valence-electron chi connectivity index (χ4n) is 1.32. The molecular weight excluding hydrogens is 200 g/mol. The van der Waals surface area contributed by atoms with Gasteiger partial charge in [0.05, 0.1) is 11.4 Å². The van der Waals surface area contributed by atoms with E-state index in [0.717, 1.165) is 30.8 Å². The molecule has 0 bridgehead atoms. The van der Waals surface area contributed by atoms with Crippen LogP contribution in [0, 0.1) is 0 Å². The molecule has 0 fully saturated rings. The second-order valence-electron chi connectivity index (χ2n) is 3.78. The van der Waals surface area contributed by atoms with Crippen molar-refractivity contribution in [3.05, 3.63) is 29.6 Å². The first kappa shape index (κ1) is 12.6. The highest BCUT2D eigenvalue weighted by molar-refractivity contribution is 5.99. The molecule has 0 amide bonds. The Hall–Kier alpha value is -1.51. The predicted octanol–water partition coefficient (Wildman–Crippen LogP) is 2.89. The van der Waals surface area contributed by atoms with E-state index in [4.69, 9.17) is 0 Å². The quantitative estimate of drug-likeness (QED) is 0.433. The molecule has 1 heterocycles. The van der Waals surface area contributed by atoms with Crippen molar-refractivity contribution in [3.63, 3.8) is 0 Å². The molecule has 0 aliphatic carbocycles. The largest absolute Gasteiger partial charge is 0.293 e. The number of ketones is 1. The topological polar surface area (TPSA) is 42.3 Å². The summed E-state index contributed by atoms with van der Waals surface area (Å²) in [4.78, 5) is 19.9. The van der Waals surface area contributed by atoms with Gasteiger partial charge in [0.1, 0.15) is 5.69 Å². The summed E-state index contributed by atoms with van der Waals surface area (Å²) in [7, 11) is 0. The number of hydrogen-bond donors (Lipinski definition) is 0. The van der Waals surface area contributed by atoms with E-state index in [1.807, 2.05) is 19.1 Å². The number of Topliss-reactive ketones (excluding diaryl/α,β-unsaturated/α-hetero) is 1. The first-order chi connectivity index (χ1) is 7.65. The van der Waals surface area contributed by atoms with Crippen molar-refractivity contribution in [1.82, 2.24) is 4.98 Å². The molecular formula is C13H18N2O. The third kappa shape index (κ3) is 3.57. The second-order valence-corrected chi connectivity index (χ2v) is 3.78. The van der Waals surface area contributed by atoms with Crippen LogP contribution < -0.4 is 0 Å². The van der Waals surface area contributed by atoms with Crippen LogP contribution in [0.2, 0.25) is 0 Å². The highest BCUT2D eigenvalue weighted by atomic mass is 16.1. The molecule has 0 aliphatic heterocycles. The molecule has 16 heavy (non-hydrogen) atoms. The van der Waals surface area contributed by atoms with Gasteiger partial charge in [-0.15, -0.1) is 0 Å². The van der Waals surface area contributed by atoms with E-state index >= 15 is 0 Å². The van der Waals surface area contributed by atoms with Crippen molar-refractivity contribution in [3.8, 4) is 0 Å². The number of rotatable bonds is 5. The number of aromatic nitrogens is 1. The Morgan fingerprint density at radius 3 is 2.62 bits per heavy atom. The van der Waals surface area contributed by atoms with E-state index in [1.54, 1.807) is 6.07 Å². The lowest BCUT2D eigenvalue weighted by atomic mass is 10.2. The summed E-state index contributed by atoms with van der Waals surface area (Å²) in [5.41, 5.74) is 2.20. The number of unbranched alkanes of at least 4 members (excludes halogenated alkanes) is 1. The molecule has 1 aromatic rings. The first-order valence-electron chi connectivity index (χ1n) is 5.64. The summed E-state index contributed by atoms with van der Waals surface area (Å²) < 4.78 is 0. The summed E-state index contributed by atoms with van der Waals surface area (Å²) >= 11 is 0. The fourth-order valence-corrected chi connectivity index (χ4v) is 1.32. The minimum Gasteiger partial charge on any atom is -0.293 e. The van der Waals surface area contributed by atoms with E-state index < -0.39 is 0 Å². The monoisotopic (exact) mass is 218 g/mol. The van der Waals surface area contributed by atoms with Crippen molar-refractivity contribution < 1.29 is 4.79 Å². The molecule has 0 N–H and O–H groups in total. The van der Waals surface area contributed by atoms with Gasteiger partial charge >= 0.3 is 0 Å². The van der Waals surface area contributed by atoms with Crippen molar-refractivity contribution in [2.24, 2.45) is 4.99 Å². The molecule has 0 saturated carbocycles. The zero-order valence-electron chi connectivity index (χ0n) is 10.2. The van der Waals surface area contributed by atoms with Gasteiger partial charge in [0.15, 0.2) is 5.78 Å². The molecule has 1 aromatic heterocycles. The average Bonchev–Trinajstić information content (AvgIpc) is 2.29. The highest BCUT2D eigenvalue weighted by Crippen LogP contribution is 2.03. The third-order valence-corrected chi connectivity index (χ3v) is 2.34. The minimum absolute atomic E-state index is 0.0109. The van der Waals surface area contributed by atoms with Crippen LogP contribution in [-0.4, -0.2) is 23.0 Å². The Bertz CT molecular complexity index is 397. The van der Waals surface area contributed by atoms with Crippen LogP contribution in [0.5, 0.6) is 0 Å². The predicted molar refractivity (Wildman–Crippen MR) is 66.2 cm³/mol. The molecule has 86 valence electrons. The van der Waals surface area contributed by atoms with Crippen molar-refractivity contribution in [2.75, 3.05) is 6.54 Å². The van der Waals surface area contributed by atoms with Gasteiger partial charge in [0, 0.05) is 13.5 Å². The second kappa shape index (κ2) is 6.16. The van der Waals surface area contributed by atoms with Gasteiger partial charge in [0.2, 0.25) is 0 Å². The Kier molecular flexibility index (Phi) is 4.83. The zero-order chi connectivity index (χ0) is 12.0. The molecule has 0 saturated heterocycles. The van der Waals surface area contributed by atoms with Crippen LogP contribution in [-0.2, 0) is 0 Å². The van der Waals surface area contributed by atoms with E-state index in [0.29, 0.717) is 5.69 Å². The summed E-state index contributed by atoms with van der Waals surface area (Å²) in [5, 5.41) is 0. The van der Waals surface area contributed by atoms with Crippen LogP contribution in [0.3, 0.4) is 0 Å². The summed E-state index contributed by atoms with van der Waals surface area (Å²) in [5.74, 6) is -0.0109. The Morgan fingerprint density at radius 1 is 1.31 bits per heavy atom. The molecule has 0 aromatic carbocycles. The normalized spacial score (nSPS) is 11.6. The SMILES string of the molecule is CCCCN=C(C)c1cccc(C(C)=O)n1. The van der Waals surface area contributed by atoms with Crippen LogP contribution in [0.15, 0.2) is 23.2 Å². The standard InChI is InChI=1S/C13H18N2O/c1-4-5-9-14-10(2)12-7-6-8-13(15-12)11(3)16/h6-8H,4-5,9H2,1-3H3. The van der Waals surface area contributed by atoms with E-state index in [9.17, 15) is 4.79 Å². The van der Waals surface area contributed by atoms with Gasteiger partial charge in [0.25, 0.3) is 0 Å². The summed E-state index contributed by atoms with van der Waals surface area (Å²) in [6.45, 7) is 6.42. The molecule has 3 heteroatoms. The number of carbonyl (C=O) groups is 1. The van der Waals surface area contributed by atoms with Gasteiger partial charge in [-0.25, -0.2) is 4.98 Å². The molecule has 0 atom stereocenters. The Balaban J connectivity index is 2.83. The van der Waals surface area contributed by atoms with Crippen LogP contribution >= 0.6 is 0 Å². The van der Waals surface area contributed by atoms with E-state index in [-0.39, 0.29) is 5.78 Å². The van der Waals surface area contributed by atoms with Gasteiger partial charge in [-0.1, -0.05) is 19.4 Å². The lowest BCUT2D eigenvalue weighted by molar-refractivity contribution is 0.101. The van der Waals surface area contributed by atoms with Gasteiger partial charge in [-0.3, -0.25) is 9.79 Å². The van der Waals surface area contributed by atoms with Gasteiger partial charge in [-0.2, -0.15) is 0 Å². The molecule has 0 spiro atoms. The number of pyridine rings is 1. The molecule has 3 nitrogen and oxygen atoms in total. The van der Waals surface area contributed by atoms with Crippen LogP contribution in [0.1, 0.15) is 49.8 Å². The first-order valence-corrected chi connectivity index (χ1v) is 5.64. The third-order valence-electron chi connectivity index (χ3n) is 2.34. The highest BCUT2D eigenvalue weighted by Gasteiger charge is 2.03. The average molecular weight is 218 g/mol. The van der Waals surface area contributed by atoms with Crippen molar-refractivity contribution in [1.29, 1.82) is 0 Å². The van der Waals surface area contributed by atoms with Crippen LogP contribution in [0.25, 0.3) is 0 Å². The van der Waals surface area contributed by atoms with E-state index in [1.165, 1.54) is 6.92 Å². The lowest BCUT2D eigenvalue weighted by Gasteiger charge is -2.02. The maximum atomic E-state index is 11.2. The lowest BCUT2D eigenvalue weighted by Crippen LogP contribution is -2.04. The smallest absolute Gasteiger partial charge is 0.178 e. The van der Waals surface area contributed by atoms with Crippen molar-refractivity contribution >= 4 is 11.5 Å². The maximum Gasteiger partial charge on any atom is 0.178 e. The number of hydrogen-bond acceptors (Lipinski definition) is 3. The van der Waals surface area contributed by atoms with Crippen molar-refractivity contribution in [2.45, 2.75) is 33.6 Å². The van der Waals surface area contributed by atoms with Crippen LogP contribution in [0.4, 0.5) is 0 Å². The Morgan fingerprint density at radius 2 is 2.00 bits per heavy atom. The Labute approximate surface area is 96.6 Å². The molecule has 0 unspecified atom stereocenters. The van der Waals surface area contributed by atoms with E-state index in [2.05, 4.69) is 16.9 Å². The van der Waals surface area contributed by atoms with Gasteiger partial charge < -0.3 is 0 Å². The molecule has 0 aliphatic rings. The van der Waals surface area contributed by atoms with Gasteiger partial charge in [-0.05, 0) is 25.5 Å². The summed E-state index contributed by atoms with van der Waals surface area (Å²) in [6.07, 6.45) is 2.22. The maximum absolute atomic E-state index is 11.2. The number of carbonyl (C=O) groups excluding carboxylic acids is 1. The summed E-state index contributed by atoms with van der Waals surface area (Å²) in [6, 6.07) is 5.46. The minimum atomic E-state index is -0.0109. The number of aliphatic imine (C=N–C) groups is 1. The zero-order valence-corrected chi connectivity index (χ0v) is 10.2.